The molecule has 1 aromatic rings. The highest BCUT2D eigenvalue weighted by atomic mass is 32.1. The van der Waals surface area contributed by atoms with Crippen molar-refractivity contribution in [2.75, 3.05) is 26.0 Å². The molecule has 0 spiro atoms. The number of fused-ring (bicyclic) bond motifs is 2. The lowest BCUT2D eigenvalue weighted by molar-refractivity contribution is -0.117. The number of amides is 5. The molecular formula is C19H28N6O3S. The average molecular weight is 421 g/mol. The van der Waals surface area contributed by atoms with Crippen LogP contribution in [0, 0.1) is 11.3 Å². The Morgan fingerprint density at radius 2 is 2.00 bits per heavy atom. The van der Waals surface area contributed by atoms with Crippen LogP contribution in [0.4, 0.5) is 14.7 Å². The first kappa shape index (κ1) is 19.9. The van der Waals surface area contributed by atoms with Gasteiger partial charge in [-0.25, -0.2) is 14.6 Å². The first-order chi connectivity index (χ1) is 13.6. The second-order valence-corrected chi connectivity index (χ2v) is 10.3. The number of thiazole rings is 1. The van der Waals surface area contributed by atoms with E-state index in [2.05, 4.69) is 36.4 Å². The van der Waals surface area contributed by atoms with Crippen molar-refractivity contribution in [2.24, 2.45) is 11.3 Å². The van der Waals surface area contributed by atoms with Crippen LogP contribution < -0.4 is 10.6 Å². The molecule has 0 unspecified atom stereocenters. The maximum absolute atomic E-state index is 12.6. The fourth-order valence-electron chi connectivity index (χ4n) is 4.42. The van der Waals surface area contributed by atoms with Crippen molar-refractivity contribution in [1.82, 2.24) is 25.0 Å². The number of aromatic nitrogens is 1. The lowest BCUT2D eigenvalue weighted by Gasteiger charge is -2.33. The van der Waals surface area contributed by atoms with Gasteiger partial charge in [-0.1, -0.05) is 20.8 Å². The van der Waals surface area contributed by atoms with Crippen molar-refractivity contribution in [3.63, 3.8) is 0 Å². The molecule has 1 aliphatic carbocycles. The van der Waals surface area contributed by atoms with Gasteiger partial charge in [0.25, 0.3) is 0 Å². The molecule has 3 aliphatic rings. The molecule has 1 aromatic heterocycles. The summed E-state index contributed by atoms with van der Waals surface area (Å²) in [5.41, 5.74) is 1.33. The van der Waals surface area contributed by atoms with Crippen molar-refractivity contribution in [3.8, 4) is 0 Å². The van der Waals surface area contributed by atoms with Gasteiger partial charge in [-0.3, -0.25) is 9.69 Å². The summed E-state index contributed by atoms with van der Waals surface area (Å²) in [6, 6.07) is -0.542. The zero-order chi connectivity index (χ0) is 21.1. The normalized spacial score (nSPS) is 26.5. The maximum Gasteiger partial charge on any atom is 0.323 e. The maximum atomic E-state index is 12.6. The predicted octanol–water partition coefficient (Wildman–Crippen LogP) is 1.91. The van der Waals surface area contributed by atoms with Gasteiger partial charge in [0.1, 0.15) is 18.9 Å². The topological polar surface area (TPSA) is 97.9 Å². The van der Waals surface area contributed by atoms with E-state index in [0.29, 0.717) is 11.0 Å². The molecule has 9 nitrogen and oxygen atoms in total. The number of rotatable bonds is 3. The molecule has 2 aliphatic heterocycles. The number of carbonyl (C=O) groups is 3. The molecule has 158 valence electrons. The largest absolute Gasteiger partial charge is 0.323 e. The summed E-state index contributed by atoms with van der Waals surface area (Å²) in [4.78, 5) is 47.3. The number of nitrogens with zero attached hydrogens (tertiary/aromatic N) is 4. The molecule has 2 saturated heterocycles. The van der Waals surface area contributed by atoms with Crippen molar-refractivity contribution in [3.05, 3.63) is 10.6 Å². The van der Waals surface area contributed by atoms with Gasteiger partial charge in [0.2, 0.25) is 5.91 Å². The predicted molar refractivity (Wildman–Crippen MR) is 109 cm³/mol. The van der Waals surface area contributed by atoms with Gasteiger partial charge in [-0.2, -0.15) is 0 Å². The molecular weight excluding hydrogens is 392 g/mol. The monoisotopic (exact) mass is 420 g/mol. The van der Waals surface area contributed by atoms with Crippen molar-refractivity contribution in [2.45, 2.75) is 52.4 Å². The van der Waals surface area contributed by atoms with Crippen LogP contribution in [0.25, 0.3) is 0 Å². The standard InChI is InChI=1S/C19H28N6O3S/c1-19(2,3)10-6-7-11-12(8-10)29-16(20-11)21-13(26)9-25-15-14(22-17(25)27)23(4)18(28)24(15)5/h10,14-15H,6-9H2,1-5H3,(H,22,27)(H,20,21,26)/t10-,14+,15+/m1/s1. The molecule has 29 heavy (non-hydrogen) atoms. The molecule has 4 rings (SSSR count). The Balaban J connectivity index is 1.42. The summed E-state index contributed by atoms with van der Waals surface area (Å²) >= 11 is 1.53. The minimum Gasteiger partial charge on any atom is -0.314 e. The van der Waals surface area contributed by atoms with E-state index >= 15 is 0 Å². The molecule has 2 fully saturated rings. The highest BCUT2D eigenvalue weighted by Crippen LogP contribution is 2.40. The Bertz CT molecular complexity index is 863. The number of likely N-dealkylation sites (N-methyl/N-ethyl adjacent to an activating group) is 2. The number of aryl methyl sites for hydroxylation is 1. The zero-order valence-corrected chi connectivity index (χ0v) is 18.3. The summed E-state index contributed by atoms with van der Waals surface area (Å²) in [6.45, 7) is 6.67. The average Bonchev–Trinajstić information content (AvgIpc) is 3.24. The Labute approximate surface area is 174 Å². The van der Waals surface area contributed by atoms with Crippen molar-refractivity contribution in [1.29, 1.82) is 0 Å². The van der Waals surface area contributed by atoms with Crippen LogP contribution in [0.1, 0.15) is 37.8 Å². The van der Waals surface area contributed by atoms with E-state index in [9.17, 15) is 14.4 Å². The molecule has 5 amide bonds. The van der Waals surface area contributed by atoms with Crippen LogP contribution in [0.15, 0.2) is 0 Å². The SMILES string of the molecule is CN1C(=O)N(C)[C@@H]2[C@H]1NC(=O)N2CC(=O)Nc1nc2c(s1)C[C@H](C(C)(C)C)CC2. The molecule has 3 atom stereocenters. The fourth-order valence-corrected chi connectivity index (χ4v) is 5.52. The van der Waals surface area contributed by atoms with Gasteiger partial charge in [0.15, 0.2) is 5.13 Å². The molecule has 2 N–H and O–H groups in total. The zero-order valence-electron chi connectivity index (χ0n) is 17.5. The highest BCUT2D eigenvalue weighted by molar-refractivity contribution is 7.15. The third-order valence-corrected chi connectivity index (χ3v) is 7.31. The van der Waals surface area contributed by atoms with E-state index in [1.165, 1.54) is 30.9 Å². The Morgan fingerprint density at radius 3 is 2.69 bits per heavy atom. The van der Waals surface area contributed by atoms with Crippen LogP contribution in [-0.2, 0) is 17.6 Å². The second kappa shape index (κ2) is 6.86. The second-order valence-electron chi connectivity index (χ2n) is 9.18. The Morgan fingerprint density at radius 1 is 1.28 bits per heavy atom. The van der Waals surface area contributed by atoms with Crippen molar-refractivity contribution >= 4 is 34.4 Å². The summed E-state index contributed by atoms with van der Waals surface area (Å²) in [6.07, 6.45) is 2.08. The summed E-state index contributed by atoms with van der Waals surface area (Å²) < 4.78 is 0. The van der Waals surface area contributed by atoms with E-state index in [1.807, 2.05) is 0 Å². The molecule has 0 saturated carbocycles. The summed E-state index contributed by atoms with van der Waals surface area (Å²) in [5, 5.41) is 6.19. The minimum absolute atomic E-state index is 0.132. The highest BCUT2D eigenvalue weighted by Gasteiger charge is 2.52. The van der Waals surface area contributed by atoms with Gasteiger partial charge >= 0.3 is 12.1 Å². The first-order valence-corrected chi connectivity index (χ1v) is 10.7. The van der Waals surface area contributed by atoms with Crippen molar-refractivity contribution < 1.29 is 14.4 Å². The Hall–Kier alpha value is -2.36. The van der Waals surface area contributed by atoms with E-state index in [4.69, 9.17) is 0 Å². The third kappa shape index (κ3) is 3.43. The summed E-state index contributed by atoms with van der Waals surface area (Å²) in [7, 11) is 3.27. The van der Waals surface area contributed by atoms with E-state index in [-0.39, 0.29) is 29.9 Å². The van der Waals surface area contributed by atoms with E-state index in [0.717, 1.165) is 25.0 Å². The number of urea groups is 2. The summed E-state index contributed by atoms with van der Waals surface area (Å²) in [5.74, 6) is 0.298. The number of anilines is 1. The fraction of sp³-hybridized carbons (Fsp3) is 0.684. The lowest BCUT2D eigenvalue weighted by atomic mass is 9.73. The number of hydrogen-bond donors (Lipinski definition) is 2. The van der Waals surface area contributed by atoms with Gasteiger partial charge in [0.05, 0.1) is 5.69 Å². The van der Waals surface area contributed by atoms with Gasteiger partial charge in [0, 0.05) is 19.0 Å². The van der Waals surface area contributed by atoms with Crippen LogP contribution in [-0.4, -0.2) is 70.6 Å². The Kier molecular flexibility index (Phi) is 4.71. The number of hydrogen-bond acceptors (Lipinski definition) is 5. The molecule has 0 bridgehead atoms. The van der Waals surface area contributed by atoms with Crippen LogP contribution in [0.2, 0.25) is 0 Å². The van der Waals surface area contributed by atoms with E-state index in [1.54, 1.807) is 14.1 Å². The quantitative estimate of drug-likeness (QED) is 0.780. The lowest BCUT2D eigenvalue weighted by Crippen LogP contribution is -2.47. The molecule has 0 aromatic carbocycles. The van der Waals surface area contributed by atoms with Gasteiger partial charge in [-0.15, -0.1) is 11.3 Å². The van der Waals surface area contributed by atoms with Crippen LogP contribution >= 0.6 is 11.3 Å². The molecule has 0 radical (unpaired) electrons. The smallest absolute Gasteiger partial charge is 0.314 e. The van der Waals surface area contributed by atoms with Crippen LogP contribution in [0.3, 0.4) is 0 Å². The first-order valence-electron chi connectivity index (χ1n) is 9.91. The number of carbonyl (C=O) groups excluding carboxylic acids is 3. The molecule has 3 heterocycles. The third-order valence-electron chi connectivity index (χ3n) is 6.28. The molecule has 10 heteroatoms. The number of nitrogens with one attached hydrogen (secondary N) is 2. The minimum atomic E-state index is -0.497. The van der Waals surface area contributed by atoms with Gasteiger partial charge < -0.3 is 20.4 Å². The van der Waals surface area contributed by atoms with E-state index < -0.39 is 12.3 Å². The van der Waals surface area contributed by atoms with Gasteiger partial charge in [-0.05, 0) is 30.6 Å². The van der Waals surface area contributed by atoms with Crippen LogP contribution in [0.5, 0.6) is 0 Å².